The largest absolute Gasteiger partial charge is 0.321 e. The Kier molecular flexibility index (Phi) is 5.41. The van der Waals surface area contributed by atoms with Crippen molar-refractivity contribution in [3.63, 3.8) is 0 Å². The van der Waals surface area contributed by atoms with Crippen molar-refractivity contribution < 1.29 is 4.79 Å². The Balaban J connectivity index is 1.73. The number of carbonyl (C=O) groups excluding carboxylic acids is 1. The van der Waals surface area contributed by atoms with Gasteiger partial charge in [0.05, 0.1) is 10.6 Å². The Hall–Kier alpha value is -2.72. The molecule has 3 rings (SSSR count). The molecule has 0 spiro atoms. The Bertz CT molecular complexity index is 897. The van der Waals surface area contributed by atoms with E-state index >= 15 is 0 Å². The molecule has 2 heterocycles. The number of carbonyl (C=O) groups is 1. The van der Waals surface area contributed by atoms with Crippen LogP contribution in [0.5, 0.6) is 0 Å². The van der Waals surface area contributed by atoms with Crippen LogP contribution in [0, 0.1) is 6.92 Å². The minimum atomic E-state index is -0.0568. The third-order valence-corrected chi connectivity index (χ3v) is 5.22. The number of hydrogen-bond donors (Lipinski definition) is 1. The number of anilines is 1. The fourth-order valence-electron chi connectivity index (χ4n) is 2.55. The molecule has 0 unspecified atom stereocenters. The van der Waals surface area contributed by atoms with Crippen LogP contribution in [0.4, 0.5) is 5.69 Å². The highest BCUT2D eigenvalue weighted by Gasteiger charge is 2.11. The van der Waals surface area contributed by atoms with Gasteiger partial charge in [-0.15, -0.1) is 11.3 Å². The molecule has 0 saturated heterocycles. The number of nitrogens with one attached hydrogen (secondary N) is 1. The summed E-state index contributed by atoms with van der Waals surface area (Å²) in [7, 11) is 0. The standard InChI is InChI=1S/C21H20N2OS/c1-3-19-15(2)13-20(25-19)21(24)23-18-9-6-7-16(14-18)10-11-17-8-4-5-12-22-17/h4-14H,3H2,1-2H3,(H,23,24)/b11-10+. The van der Waals surface area contributed by atoms with Crippen LogP contribution in [0.2, 0.25) is 0 Å². The second-order valence-electron chi connectivity index (χ2n) is 5.74. The summed E-state index contributed by atoms with van der Waals surface area (Å²) < 4.78 is 0. The third kappa shape index (κ3) is 4.43. The van der Waals surface area contributed by atoms with Crippen molar-refractivity contribution >= 4 is 35.1 Å². The first kappa shape index (κ1) is 17.1. The quantitative estimate of drug-likeness (QED) is 0.667. The number of benzene rings is 1. The number of amides is 1. The third-order valence-electron chi connectivity index (χ3n) is 3.84. The predicted octanol–water partition coefficient (Wildman–Crippen LogP) is 5.44. The first-order valence-electron chi connectivity index (χ1n) is 8.25. The van der Waals surface area contributed by atoms with E-state index in [4.69, 9.17) is 0 Å². The van der Waals surface area contributed by atoms with Gasteiger partial charge in [0.2, 0.25) is 0 Å². The smallest absolute Gasteiger partial charge is 0.265 e. The maximum absolute atomic E-state index is 12.5. The number of hydrogen-bond acceptors (Lipinski definition) is 3. The maximum Gasteiger partial charge on any atom is 0.265 e. The van der Waals surface area contributed by atoms with Gasteiger partial charge in [0.25, 0.3) is 5.91 Å². The molecule has 126 valence electrons. The SMILES string of the molecule is CCc1sc(C(=O)Nc2cccc(/C=C/c3ccccn3)c2)cc1C. The van der Waals surface area contributed by atoms with Crippen LogP contribution in [0.25, 0.3) is 12.2 Å². The first-order chi connectivity index (χ1) is 12.2. The van der Waals surface area contributed by atoms with E-state index < -0.39 is 0 Å². The van der Waals surface area contributed by atoms with Crippen molar-refractivity contribution in [1.29, 1.82) is 0 Å². The van der Waals surface area contributed by atoms with E-state index in [-0.39, 0.29) is 5.91 Å². The summed E-state index contributed by atoms with van der Waals surface area (Å²) in [5, 5.41) is 2.98. The van der Waals surface area contributed by atoms with Crippen LogP contribution in [0.15, 0.2) is 54.7 Å². The zero-order valence-electron chi connectivity index (χ0n) is 14.3. The molecule has 3 nitrogen and oxygen atoms in total. The molecule has 1 amide bonds. The lowest BCUT2D eigenvalue weighted by atomic mass is 10.1. The minimum Gasteiger partial charge on any atom is -0.321 e. The van der Waals surface area contributed by atoms with Gasteiger partial charge in [-0.05, 0) is 60.9 Å². The fraction of sp³-hybridized carbons (Fsp3) is 0.143. The molecule has 3 aromatic rings. The average Bonchev–Trinajstić information content (AvgIpc) is 3.02. The van der Waals surface area contributed by atoms with Gasteiger partial charge in [-0.1, -0.05) is 31.2 Å². The Morgan fingerprint density at radius 3 is 2.76 bits per heavy atom. The monoisotopic (exact) mass is 348 g/mol. The van der Waals surface area contributed by atoms with Crippen LogP contribution < -0.4 is 5.32 Å². The molecule has 0 aliphatic rings. The zero-order chi connectivity index (χ0) is 17.6. The molecule has 0 aliphatic carbocycles. The van der Waals surface area contributed by atoms with E-state index in [1.807, 2.05) is 60.7 Å². The summed E-state index contributed by atoms with van der Waals surface area (Å²) >= 11 is 1.56. The Morgan fingerprint density at radius 2 is 2.04 bits per heavy atom. The van der Waals surface area contributed by atoms with Crippen LogP contribution in [0.1, 0.15) is 38.3 Å². The normalized spacial score (nSPS) is 11.0. The van der Waals surface area contributed by atoms with E-state index in [2.05, 4.69) is 24.1 Å². The lowest BCUT2D eigenvalue weighted by Crippen LogP contribution is -2.10. The van der Waals surface area contributed by atoms with E-state index in [1.165, 1.54) is 10.4 Å². The van der Waals surface area contributed by atoms with Gasteiger partial charge >= 0.3 is 0 Å². The lowest BCUT2D eigenvalue weighted by molar-refractivity contribution is 0.103. The van der Waals surface area contributed by atoms with Gasteiger partial charge < -0.3 is 5.32 Å². The molecule has 0 atom stereocenters. The average molecular weight is 348 g/mol. The summed E-state index contributed by atoms with van der Waals surface area (Å²) in [4.78, 5) is 18.7. The molecular weight excluding hydrogens is 328 g/mol. The van der Waals surface area contributed by atoms with Crippen LogP contribution >= 0.6 is 11.3 Å². The molecule has 0 fully saturated rings. The molecule has 0 aliphatic heterocycles. The second-order valence-corrected chi connectivity index (χ2v) is 6.87. The molecular formula is C21H20N2OS. The van der Waals surface area contributed by atoms with Crippen LogP contribution in [-0.2, 0) is 6.42 Å². The van der Waals surface area contributed by atoms with E-state index in [1.54, 1.807) is 17.5 Å². The summed E-state index contributed by atoms with van der Waals surface area (Å²) in [6.45, 7) is 4.16. The molecule has 0 saturated carbocycles. The summed E-state index contributed by atoms with van der Waals surface area (Å²) in [6, 6.07) is 15.6. The summed E-state index contributed by atoms with van der Waals surface area (Å²) in [6.07, 6.45) is 6.67. The predicted molar refractivity (Wildman–Crippen MR) is 106 cm³/mol. The van der Waals surface area contributed by atoms with Crippen molar-refractivity contribution in [2.24, 2.45) is 0 Å². The molecule has 2 aromatic heterocycles. The zero-order valence-corrected chi connectivity index (χ0v) is 15.1. The molecule has 1 aromatic carbocycles. The summed E-state index contributed by atoms with van der Waals surface area (Å²) in [5.41, 5.74) is 3.89. The van der Waals surface area contributed by atoms with E-state index in [0.29, 0.717) is 0 Å². The van der Waals surface area contributed by atoms with Crippen molar-refractivity contribution in [2.45, 2.75) is 20.3 Å². The molecule has 4 heteroatoms. The fourth-order valence-corrected chi connectivity index (χ4v) is 3.56. The summed E-state index contributed by atoms with van der Waals surface area (Å²) in [5.74, 6) is -0.0568. The highest BCUT2D eigenvalue weighted by molar-refractivity contribution is 7.14. The van der Waals surface area contributed by atoms with Crippen molar-refractivity contribution in [3.05, 3.63) is 81.3 Å². The van der Waals surface area contributed by atoms with Crippen LogP contribution in [0.3, 0.4) is 0 Å². The van der Waals surface area contributed by atoms with Crippen molar-refractivity contribution in [1.82, 2.24) is 4.98 Å². The van der Waals surface area contributed by atoms with E-state index in [0.717, 1.165) is 28.2 Å². The van der Waals surface area contributed by atoms with Crippen molar-refractivity contribution in [3.8, 4) is 0 Å². The molecule has 0 radical (unpaired) electrons. The van der Waals surface area contributed by atoms with Gasteiger partial charge in [0, 0.05) is 16.8 Å². The van der Waals surface area contributed by atoms with E-state index in [9.17, 15) is 4.79 Å². The van der Waals surface area contributed by atoms with Crippen LogP contribution in [-0.4, -0.2) is 10.9 Å². The first-order valence-corrected chi connectivity index (χ1v) is 9.07. The number of nitrogens with zero attached hydrogens (tertiary/aromatic N) is 1. The molecule has 25 heavy (non-hydrogen) atoms. The maximum atomic E-state index is 12.5. The molecule has 0 bridgehead atoms. The second kappa shape index (κ2) is 7.90. The van der Waals surface area contributed by atoms with Gasteiger partial charge in [0.15, 0.2) is 0 Å². The Morgan fingerprint density at radius 1 is 1.16 bits per heavy atom. The highest BCUT2D eigenvalue weighted by Crippen LogP contribution is 2.23. The Labute approximate surface area is 152 Å². The highest BCUT2D eigenvalue weighted by atomic mass is 32.1. The number of aromatic nitrogens is 1. The van der Waals surface area contributed by atoms with Gasteiger partial charge in [-0.3, -0.25) is 9.78 Å². The molecule has 1 N–H and O–H groups in total. The topological polar surface area (TPSA) is 42.0 Å². The number of aryl methyl sites for hydroxylation is 2. The van der Waals surface area contributed by atoms with Gasteiger partial charge in [0.1, 0.15) is 0 Å². The minimum absolute atomic E-state index is 0.0568. The number of thiophene rings is 1. The van der Waals surface area contributed by atoms with Gasteiger partial charge in [-0.2, -0.15) is 0 Å². The number of pyridine rings is 1. The van der Waals surface area contributed by atoms with Gasteiger partial charge in [-0.25, -0.2) is 0 Å². The number of rotatable bonds is 5. The van der Waals surface area contributed by atoms with Crippen molar-refractivity contribution in [2.75, 3.05) is 5.32 Å². The lowest BCUT2D eigenvalue weighted by Gasteiger charge is -2.04.